The Hall–Kier alpha value is -2.77. The van der Waals surface area contributed by atoms with Crippen molar-refractivity contribution in [2.75, 3.05) is 13.2 Å². The molecule has 2 saturated heterocycles. The number of ether oxygens (including phenoxy) is 1. The fraction of sp³-hybridized carbons (Fsp3) is 0.440. The molecular weight excluding hydrogens is 407 g/mol. The molecule has 0 radical (unpaired) electrons. The Bertz CT molecular complexity index is 1100. The van der Waals surface area contributed by atoms with E-state index in [0.29, 0.717) is 18.9 Å². The maximum Gasteiger partial charge on any atom is 0.272 e. The van der Waals surface area contributed by atoms with Crippen LogP contribution in [0.4, 0.5) is 4.39 Å². The lowest BCUT2D eigenvalue weighted by atomic mass is 9.89. The van der Waals surface area contributed by atoms with Gasteiger partial charge in [-0.1, -0.05) is 30.3 Å². The summed E-state index contributed by atoms with van der Waals surface area (Å²) in [5.41, 5.74) is 2.56. The Morgan fingerprint density at radius 2 is 1.81 bits per heavy atom. The van der Waals surface area contributed by atoms with Gasteiger partial charge >= 0.3 is 0 Å². The SMILES string of the molecule is CC(C)n1nc(C(=O)NC2CC3COCC(C2)N3Cc2ccc(F)cc2)c2ccccc21. The number of rotatable bonds is 5. The molecule has 3 heterocycles. The molecule has 0 spiro atoms. The zero-order valence-corrected chi connectivity index (χ0v) is 18.5. The summed E-state index contributed by atoms with van der Waals surface area (Å²) < 4.78 is 21.0. The number of nitrogens with zero attached hydrogens (tertiary/aromatic N) is 3. The third-order valence-electron chi connectivity index (χ3n) is 6.60. The molecule has 2 aliphatic heterocycles. The van der Waals surface area contributed by atoms with Crippen molar-refractivity contribution < 1.29 is 13.9 Å². The summed E-state index contributed by atoms with van der Waals surface area (Å²) in [5.74, 6) is -0.331. The van der Waals surface area contributed by atoms with Gasteiger partial charge in [0.2, 0.25) is 0 Å². The lowest BCUT2D eigenvalue weighted by Gasteiger charge is -2.48. The first-order valence-corrected chi connectivity index (χ1v) is 11.4. The van der Waals surface area contributed by atoms with Crippen LogP contribution in [0.3, 0.4) is 0 Å². The van der Waals surface area contributed by atoms with Crippen LogP contribution >= 0.6 is 0 Å². The van der Waals surface area contributed by atoms with E-state index in [9.17, 15) is 9.18 Å². The molecule has 2 aromatic carbocycles. The number of amides is 1. The highest BCUT2D eigenvalue weighted by Crippen LogP contribution is 2.30. The van der Waals surface area contributed by atoms with Crippen molar-refractivity contribution in [1.29, 1.82) is 0 Å². The van der Waals surface area contributed by atoms with Crippen LogP contribution < -0.4 is 5.32 Å². The van der Waals surface area contributed by atoms with Gasteiger partial charge in [0.05, 0.1) is 18.7 Å². The average molecular weight is 437 g/mol. The highest BCUT2D eigenvalue weighted by Gasteiger charge is 2.39. The fourth-order valence-electron chi connectivity index (χ4n) is 5.07. The van der Waals surface area contributed by atoms with Crippen LogP contribution in [0.5, 0.6) is 0 Å². The van der Waals surface area contributed by atoms with Crippen LogP contribution in [0.2, 0.25) is 0 Å². The molecule has 2 unspecified atom stereocenters. The van der Waals surface area contributed by atoms with Crippen LogP contribution in [0, 0.1) is 5.82 Å². The minimum Gasteiger partial charge on any atom is -0.378 e. The molecule has 2 fully saturated rings. The fourth-order valence-corrected chi connectivity index (χ4v) is 5.07. The van der Waals surface area contributed by atoms with Crippen LogP contribution in [-0.2, 0) is 11.3 Å². The Balaban J connectivity index is 1.31. The van der Waals surface area contributed by atoms with Crippen LogP contribution in [0.1, 0.15) is 48.8 Å². The van der Waals surface area contributed by atoms with Gasteiger partial charge in [0.1, 0.15) is 5.82 Å². The molecule has 1 aromatic heterocycles. The maximum absolute atomic E-state index is 13.3. The van der Waals surface area contributed by atoms with Crippen molar-refractivity contribution in [3.05, 3.63) is 65.6 Å². The second kappa shape index (κ2) is 8.64. The van der Waals surface area contributed by atoms with E-state index >= 15 is 0 Å². The molecule has 3 aromatic rings. The van der Waals surface area contributed by atoms with Crippen molar-refractivity contribution >= 4 is 16.8 Å². The van der Waals surface area contributed by atoms with Gasteiger partial charge < -0.3 is 10.1 Å². The summed E-state index contributed by atoms with van der Waals surface area (Å²) in [6.07, 6.45) is 1.65. The number of hydrogen-bond acceptors (Lipinski definition) is 4. The van der Waals surface area contributed by atoms with Crippen LogP contribution in [-0.4, -0.2) is 51.9 Å². The third-order valence-corrected chi connectivity index (χ3v) is 6.60. The number of halogens is 1. The van der Waals surface area contributed by atoms with Gasteiger partial charge in [-0.2, -0.15) is 5.10 Å². The minimum absolute atomic E-state index is 0.0776. The Labute approximate surface area is 187 Å². The number of carbonyl (C=O) groups excluding carboxylic acids is 1. The Morgan fingerprint density at radius 1 is 1.12 bits per heavy atom. The summed E-state index contributed by atoms with van der Waals surface area (Å²) in [7, 11) is 0. The second-order valence-corrected chi connectivity index (χ2v) is 9.19. The van der Waals surface area contributed by atoms with E-state index in [1.165, 1.54) is 12.1 Å². The first kappa shape index (κ1) is 21.1. The van der Waals surface area contributed by atoms with Gasteiger partial charge in [-0.05, 0) is 50.5 Å². The van der Waals surface area contributed by atoms with E-state index in [4.69, 9.17) is 4.74 Å². The molecule has 168 valence electrons. The van der Waals surface area contributed by atoms with E-state index in [1.807, 2.05) is 41.1 Å². The van der Waals surface area contributed by atoms with Crippen molar-refractivity contribution in [3.8, 4) is 0 Å². The summed E-state index contributed by atoms with van der Waals surface area (Å²) in [6, 6.07) is 15.3. The van der Waals surface area contributed by atoms with Crippen LogP contribution in [0.25, 0.3) is 10.9 Å². The highest BCUT2D eigenvalue weighted by molar-refractivity contribution is 6.05. The van der Waals surface area contributed by atoms with E-state index in [2.05, 4.69) is 29.2 Å². The van der Waals surface area contributed by atoms with E-state index in [-0.39, 0.29) is 35.9 Å². The number of para-hydroxylation sites is 1. The summed E-state index contributed by atoms with van der Waals surface area (Å²) in [6.45, 7) is 6.20. The van der Waals surface area contributed by atoms with Crippen molar-refractivity contribution in [1.82, 2.24) is 20.0 Å². The number of aromatic nitrogens is 2. The summed E-state index contributed by atoms with van der Waals surface area (Å²) in [5, 5.41) is 8.78. The molecule has 0 aliphatic carbocycles. The number of hydrogen-bond donors (Lipinski definition) is 1. The monoisotopic (exact) mass is 436 g/mol. The molecule has 1 amide bonds. The molecule has 32 heavy (non-hydrogen) atoms. The molecule has 6 nitrogen and oxygen atoms in total. The maximum atomic E-state index is 13.3. The normalized spacial score (nSPS) is 23.6. The topological polar surface area (TPSA) is 59.4 Å². The molecule has 2 atom stereocenters. The van der Waals surface area contributed by atoms with E-state index < -0.39 is 0 Å². The molecule has 7 heteroatoms. The summed E-state index contributed by atoms with van der Waals surface area (Å²) in [4.78, 5) is 15.7. The largest absolute Gasteiger partial charge is 0.378 e. The smallest absolute Gasteiger partial charge is 0.272 e. The number of benzene rings is 2. The van der Waals surface area contributed by atoms with Crippen LogP contribution in [0.15, 0.2) is 48.5 Å². The first-order chi connectivity index (χ1) is 15.5. The number of carbonyl (C=O) groups is 1. The number of piperidine rings is 1. The van der Waals surface area contributed by atoms with Gasteiger partial charge in [-0.25, -0.2) is 4.39 Å². The zero-order chi connectivity index (χ0) is 22.2. The van der Waals surface area contributed by atoms with Gasteiger partial charge in [-0.3, -0.25) is 14.4 Å². The van der Waals surface area contributed by atoms with Crippen molar-refractivity contribution in [2.45, 2.75) is 57.4 Å². The highest BCUT2D eigenvalue weighted by atomic mass is 19.1. The number of nitrogens with one attached hydrogen (secondary N) is 1. The van der Waals surface area contributed by atoms with E-state index in [1.54, 1.807) is 0 Å². The average Bonchev–Trinajstić information content (AvgIpc) is 3.16. The van der Waals surface area contributed by atoms with Gasteiger partial charge in [0.15, 0.2) is 5.69 Å². The zero-order valence-electron chi connectivity index (χ0n) is 18.5. The van der Waals surface area contributed by atoms with Crippen molar-refractivity contribution in [3.63, 3.8) is 0 Å². The first-order valence-electron chi connectivity index (χ1n) is 11.4. The molecular formula is C25H29FN4O2. The predicted molar refractivity (Wildman–Crippen MR) is 121 cm³/mol. The standard InChI is InChI=1S/C25H29FN4O2/c1-16(2)30-23-6-4-3-5-22(23)24(28-30)25(31)27-19-11-20-14-32-15-21(12-19)29(20)13-17-7-9-18(26)10-8-17/h3-10,16,19-21H,11-15H2,1-2H3,(H,27,31). The quantitative estimate of drug-likeness (QED) is 0.659. The third kappa shape index (κ3) is 4.02. The second-order valence-electron chi connectivity index (χ2n) is 9.19. The molecule has 5 rings (SSSR count). The molecule has 2 bridgehead atoms. The van der Waals surface area contributed by atoms with E-state index in [0.717, 1.165) is 35.9 Å². The Morgan fingerprint density at radius 3 is 2.50 bits per heavy atom. The lowest BCUT2D eigenvalue weighted by Crippen LogP contribution is -2.60. The van der Waals surface area contributed by atoms with Crippen molar-refractivity contribution in [2.24, 2.45) is 0 Å². The van der Waals surface area contributed by atoms with Gasteiger partial charge in [0, 0.05) is 36.1 Å². The summed E-state index contributed by atoms with van der Waals surface area (Å²) >= 11 is 0. The minimum atomic E-state index is -0.217. The number of morpholine rings is 1. The lowest BCUT2D eigenvalue weighted by molar-refractivity contribution is -0.0843. The molecule has 0 saturated carbocycles. The predicted octanol–water partition coefficient (Wildman–Crippen LogP) is 3.92. The number of fused-ring (bicyclic) bond motifs is 3. The molecule has 1 N–H and O–H groups in total. The molecule has 2 aliphatic rings. The van der Waals surface area contributed by atoms with Gasteiger partial charge in [0.25, 0.3) is 5.91 Å². The Kier molecular flexibility index (Phi) is 5.69. The van der Waals surface area contributed by atoms with Gasteiger partial charge in [-0.15, -0.1) is 0 Å².